The molecule has 1 atom stereocenters. The van der Waals surface area contributed by atoms with E-state index < -0.39 is 0 Å². The standard InChI is InChI=1S/C13H20N2O2S/c1-9(4-5-18-3)15-13(16)10-6-11(14)8-12(7-10)17-2/h6-9H,4-5,14H2,1-3H3,(H,15,16). The molecule has 0 bridgehead atoms. The number of methoxy groups -OCH3 is 1. The molecule has 5 heteroatoms. The van der Waals surface area contributed by atoms with E-state index in [9.17, 15) is 4.79 Å². The first kappa shape index (κ1) is 14.7. The van der Waals surface area contributed by atoms with Crippen molar-refractivity contribution in [1.82, 2.24) is 5.32 Å². The second-order valence-electron chi connectivity index (χ2n) is 4.15. The highest BCUT2D eigenvalue weighted by atomic mass is 32.2. The molecule has 0 heterocycles. The van der Waals surface area contributed by atoms with E-state index in [-0.39, 0.29) is 11.9 Å². The summed E-state index contributed by atoms with van der Waals surface area (Å²) in [5, 5.41) is 2.95. The molecule has 0 spiro atoms. The lowest BCUT2D eigenvalue weighted by Gasteiger charge is -2.14. The van der Waals surface area contributed by atoms with Crippen molar-refractivity contribution in [2.24, 2.45) is 0 Å². The maximum Gasteiger partial charge on any atom is 0.251 e. The lowest BCUT2D eigenvalue weighted by Crippen LogP contribution is -2.33. The fourth-order valence-corrected chi connectivity index (χ4v) is 2.13. The summed E-state index contributed by atoms with van der Waals surface area (Å²) in [6.45, 7) is 2.00. The first-order chi connectivity index (χ1) is 8.56. The number of hydrogen-bond acceptors (Lipinski definition) is 4. The SMILES string of the molecule is COc1cc(N)cc(C(=O)NC(C)CCSC)c1. The molecule has 1 unspecified atom stereocenters. The molecule has 4 nitrogen and oxygen atoms in total. The second-order valence-corrected chi connectivity index (χ2v) is 5.14. The van der Waals surface area contributed by atoms with Crippen molar-refractivity contribution in [2.45, 2.75) is 19.4 Å². The van der Waals surface area contributed by atoms with Crippen LogP contribution >= 0.6 is 11.8 Å². The van der Waals surface area contributed by atoms with Gasteiger partial charge in [-0.05, 0) is 37.5 Å². The van der Waals surface area contributed by atoms with Crippen molar-refractivity contribution in [2.75, 3.05) is 24.9 Å². The third kappa shape index (κ3) is 4.49. The zero-order chi connectivity index (χ0) is 13.5. The van der Waals surface area contributed by atoms with Gasteiger partial charge in [0.25, 0.3) is 5.91 Å². The highest BCUT2D eigenvalue weighted by molar-refractivity contribution is 7.98. The molecule has 1 aromatic carbocycles. The summed E-state index contributed by atoms with van der Waals surface area (Å²) in [5.41, 5.74) is 6.78. The Morgan fingerprint density at radius 3 is 2.83 bits per heavy atom. The summed E-state index contributed by atoms with van der Waals surface area (Å²) in [4.78, 5) is 12.0. The number of carbonyl (C=O) groups is 1. The van der Waals surface area contributed by atoms with Crippen LogP contribution in [-0.2, 0) is 0 Å². The van der Waals surface area contributed by atoms with E-state index in [1.54, 1.807) is 37.1 Å². The second kappa shape index (κ2) is 7.16. The number of amides is 1. The van der Waals surface area contributed by atoms with Gasteiger partial charge in [0.05, 0.1) is 7.11 Å². The van der Waals surface area contributed by atoms with Gasteiger partial charge >= 0.3 is 0 Å². The van der Waals surface area contributed by atoms with E-state index in [1.165, 1.54) is 0 Å². The molecule has 1 rings (SSSR count). The van der Waals surface area contributed by atoms with E-state index in [0.29, 0.717) is 17.0 Å². The third-order valence-corrected chi connectivity index (χ3v) is 3.20. The fraction of sp³-hybridized carbons (Fsp3) is 0.462. The minimum Gasteiger partial charge on any atom is -0.497 e. The predicted molar refractivity (Wildman–Crippen MR) is 77.3 cm³/mol. The lowest BCUT2D eigenvalue weighted by molar-refractivity contribution is 0.0939. The number of nitrogens with two attached hydrogens (primary N) is 1. The molecular weight excluding hydrogens is 248 g/mol. The maximum absolute atomic E-state index is 12.0. The molecule has 1 amide bonds. The first-order valence-electron chi connectivity index (χ1n) is 5.81. The van der Waals surface area contributed by atoms with Gasteiger partial charge in [0, 0.05) is 23.4 Å². The Hall–Kier alpha value is -1.36. The molecule has 0 aliphatic heterocycles. The first-order valence-corrected chi connectivity index (χ1v) is 7.20. The Morgan fingerprint density at radius 2 is 2.22 bits per heavy atom. The molecule has 0 saturated carbocycles. The smallest absolute Gasteiger partial charge is 0.251 e. The Kier molecular flexibility index (Phi) is 5.85. The predicted octanol–water partition coefficient (Wildman–Crippen LogP) is 2.15. The van der Waals surface area contributed by atoms with E-state index >= 15 is 0 Å². The van der Waals surface area contributed by atoms with Gasteiger partial charge in [0.15, 0.2) is 0 Å². The minimum absolute atomic E-state index is 0.116. The quantitative estimate of drug-likeness (QED) is 0.776. The van der Waals surface area contributed by atoms with E-state index in [1.807, 2.05) is 6.92 Å². The van der Waals surface area contributed by atoms with Crippen molar-refractivity contribution >= 4 is 23.4 Å². The summed E-state index contributed by atoms with van der Waals surface area (Å²) < 4.78 is 5.09. The average Bonchev–Trinajstić information content (AvgIpc) is 2.35. The van der Waals surface area contributed by atoms with E-state index in [0.717, 1.165) is 12.2 Å². The van der Waals surface area contributed by atoms with Crippen LogP contribution < -0.4 is 15.8 Å². The summed E-state index contributed by atoms with van der Waals surface area (Å²) in [6.07, 6.45) is 3.00. The molecule has 0 saturated heterocycles. The summed E-state index contributed by atoms with van der Waals surface area (Å²) in [6, 6.07) is 5.18. The van der Waals surface area contributed by atoms with Crippen LogP contribution in [0.1, 0.15) is 23.7 Å². The number of thioether (sulfide) groups is 1. The lowest BCUT2D eigenvalue weighted by atomic mass is 10.1. The number of ether oxygens (including phenoxy) is 1. The van der Waals surface area contributed by atoms with Crippen LogP contribution in [0.5, 0.6) is 5.75 Å². The van der Waals surface area contributed by atoms with Crippen LogP contribution in [-0.4, -0.2) is 31.1 Å². The molecular formula is C13H20N2O2S. The van der Waals surface area contributed by atoms with Crippen LogP contribution in [0.3, 0.4) is 0 Å². The molecule has 0 radical (unpaired) electrons. The summed E-state index contributed by atoms with van der Waals surface area (Å²) in [5.74, 6) is 1.51. The largest absolute Gasteiger partial charge is 0.497 e. The number of hydrogen-bond donors (Lipinski definition) is 2. The number of rotatable bonds is 6. The van der Waals surface area contributed by atoms with Crippen molar-refractivity contribution in [3.05, 3.63) is 23.8 Å². The monoisotopic (exact) mass is 268 g/mol. The van der Waals surface area contributed by atoms with Crippen molar-refractivity contribution < 1.29 is 9.53 Å². The summed E-state index contributed by atoms with van der Waals surface area (Å²) >= 11 is 1.77. The normalized spacial score (nSPS) is 11.9. The molecule has 100 valence electrons. The van der Waals surface area contributed by atoms with Crippen LogP contribution in [0.2, 0.25) is 0 Å². The number of carbonyl (C=O) groups excluding carboxylic acids is 1. The maximum atomic E-state index is 12.0. The van der Waals surface area contributed by atoms with Gasteiger partial charge in [0.2, 0.25) is 0 Å². The number of anilines is 1. The molecule has 1 aromatic rings. The summed E-state index contributed by atoms with van der Waals surface area (Å²) in [7, 11) is 1.55. The van der Waals surface area contributed by atoms with Gasteiger partial charge < -0.3 is 15.8 Å². The highest BCUT2D eigenvalue weighted by Crippen LogP contribution is 2.18. The van der Waals surface area contributed by atoms with Gasteiger partial charge in [0.1, 0.15) is 5.75 Å². The van der Waals surface area contributed by atoms with Crippen LogP contribution in [0.4, 0.5) is 5.69 Å². The molecule has 18 heavy (non-hydrogen) atoms. The number of nitrogen functional groups attached to an aromatic ring is 1. The Labute approximate surface area is 112 Å². The van der Waals surface area contributed by atoms with Gasteiger partial charge in [-0.15, -0.1) is 0 Å². The zero-order valence-corrected chi connectivity index (χ0v) is 11.8. The molecule has 0 aliphatic carbocycles. The van der Waals surface area contributed by atoms with E-state index in [4.69, 9.17) is 10.5 Å². The Morgan fingerprint density at radius 1 is 1.50 bits per heavy atom. The van der Waals surface area contributed by atoms with Crippen molar-refractivity contribution in [1.29, 1.82) is 0 Å². The average molecular weight is 268 g/mol. The van der Waals surface area contributed by atoms with Crippen molar-refractivity contribution in [3.63, 3.8) is 0 Å². The Bertz CT molecular complexity index is 410. The van der Waals surface area contributed by atoms with Gasteiger partial charge in [-0.3, -0.25) is 4.79 Å². The third-order valence-electron chi connectivity index (χ3n) is 2.56. The highest BCUT2D eigenvalue weighted by Gasteiger charge is 2.11. The van der Waals surface area contributed by atoms with Gasteiger partial charge in [-0.1, -0.05) is 0 Å². The number of nitrogens with one attached hydrogen (secondary N) is 1. The van der Waals surface area contributed by atoms with Crippen LogP contribution in [0, 0.1) is 0 Å². The Balaban J connectivity index is 2.68. The van der Waals surface area contributed by atoms with E-state index in [2.05, 4.69) is 11.6 Å². The van der Waals surface area contributed by atoms with Crippen LogP contribution in [0.25, 0.3) is 0 Å². The fourth-order valence-electron chi connectivity index (χ4n) is 1.54. The zero-order valence-electron chi connectivity index (χ0n) is 11.0. The van der Waals surface area contributed by atoms with Gasteiger partial charge in [-0.25, -0.2) is 0 Å². The van der Waals surface area contributed by atoms with Crippen LogP contribution in [0.15, 0.2) is 18.2 Å². The van der Waals surface area contributed by atoms with Crippen molar-refractivity contribution in [3.8, 4) is 5.75 Å². The molecule has 3 N–H and O–H groups in total. The molecule has 0 aliphatic rings. The minimum atomic E-state index is -0.116. The molecule has 0 aromatic heterocycles. The molecule has 0 fully saturated rings. The van der Waals surface area contributed by atoms with Gasteiger partial charge in [-0.2, -0.15) is 11.8 Å². The topological polar surface area (TPSA) is 64.3 Å². The number of benzene rings is 1.